The molecule has 0 aliphatic rings. The predicted octanol–water partition coefficient (Wildman–Crippen LogP) is 2.88. The quantitative estimate of drug-likeness (QED) is 0.508. The minimum atomic E-state index is 0.0829. The summed E-state index contributed by atoms with van der Waals surface area (Å²) in [5, 5.41) is 0. The lowest BCUT2D eigenvalue weighted by Gasteiger charge is -2.06. The molecule has 0 aromatic heterocycles. The molecule has 0 heterocycles. The highest BCUT2D eigenvalue weighted by Crippen LogP contribution is 2.10. The van der Waals surface area contributed by atoms with Gasteiger partial charge in [-0.2, -0.15) is 0 Å². The van der Waals surface area contributed by atoms with Gasteiger partial charge in [-0.05, 0) is 39.0 Å². The average Bonchev–Trinajstić information content (AvgIpc) is 2.02. The van der Waals surface area contributed by atoms with Crippen LogP contribution in [-0.2, 0) is 0 Å². The molecule has 0 aliphatic carbocycles. The van der Waals surface area contributed by atoms with Crippen LogP contribution < -0.4 is 0 Å². The normalized spacial score (nSPS) is 10.2. The van der Waals surface area contributed by atoms with Crippen molar-refractivity contribution in [1.29, 1.82) is 0 Å². The Balaban J connectivity index is 2.81. The molecule has 61 valence electrons. The maximum Gasteiger partial charge on any atom is 0.0245 e. The molecule has 1 aromatic rings. The van der Waals surface area contributed by atoms with E-state index in [9.17, 15) is 0 Å². The van der Waals surface area contributed by atoms with Crippen LogP contribution in [0.2, 0.25) is 0 Å². The molecule has 0 fully saturated rings. The van der Waals surface area contributed by atoms with Gasteiger partial charge in [0.1, 0.15) is 0 Å². The van der Waals surface area contributed by atoms with Gasteiger partial charge in [-0.1, -0.05) is 24.0 Å². The summed E-state index contributed by atoms with van der Waals surface area (Å²) in [5.41, 5.74) is 1.14. The smallest absolute Gasteiger partial charge is 0.0245 e. The Morgan fingerprint density at radius 1 is 1.17 bits per heavy atom. The molecule has 12 heavy (non-hydrogen) atoms. The Morgan fingerprint density at radius 3 is 2.25 bits per heavy atom. The Bertz CT molecular complexity index is 290. The van der Waals surface area contributed by atoms with E-state index < -0.39 is 0 Å². The maximum atomic E-state index is 3.17. The van der Waals surface area contributed by atoms with E-state index in [-0.39, 0.29) is 5.41 Å². The zero-order chi connectivity index (χ0) is 9.03. The molecule has 0 saturated heterocycles. The largest absolute Gasteiger partial charge is 0.0920 e. The average molecular weight is 157 g/mol. The number of benzene rings is 1. The molecule has 0 nitrogen and oxygen atoms in total. The summed E-state index contributed by atoms with van der Waals surface area (Å²) in [7, 11) is 0. The molecule has 1 rings (SSSR count). The number of hydrogen-bond donors (Lipinski definition) is 0. The van der Waals surface area contributed by atoms with Gasteiger partial charge < -0.3 is 0 Å². The van der Waals surface area contributed by atoms with E-state index in [1.807, 2.05) is 24.3 Å². The van der Waals surface area contributed by atoms with E-state index in [4.69, 9.17) is 0 Å². The minimum Gasteiger partial charge on any atom is -0.0920 e. The van der Waals surface area contributed by atoms with Crippen LogP contribution >= 0.6 is 0 Å². The topological polar surface area (TPSA) is 0 Å². The van der Waals surface area contributed by atoms with Gasteiger partial charge in [0.25, 0.3) is 0 Å². The lowest BCUT2D eigenvalue weighted by atomic mass is 9.97. The first kappa shape index (κ1) is 8.87. The van der Waals surface area contributed by atoms with Gasteiger partial charge in [0.2, 0.25) is 0 Å². The summed E-state index contributed by atoms with van der Waals surface area (Å²) in [6.45, 7) is 6.32. The molecule has 0 saturated carbocycles. The highest BCUT2D eigenvalue weighted by molar-refractivity contribution is 5.34. The molecule has 1 radical (unpaired) electrons. The first-order valence-corrected chi connectivity index (χ1v) is 4.07. The molecule has 0 atom stereocenters. The second-order valence-electron chi connectivity index (χ2n) is 3.79. The Hall–Kier alpha value is -1.22. The number of hydrogen-bond acceptors (Lipinski definition) is 0. The molecule has 0 aliphatic heterocycles. The summed E-state index contributed by atoms with van der Waals surface area (Å²) < 4.78 is 0. The third-order valence-electron chi connectivity index (χ3n) is 1.30. The van der Waals surface area contributed by atoms with Crippen LogP contribution in [0.25, 0.3) is 0 Å². The summed E-state index contributed by atoms with van der Waals surface area (Å²) >= 11 is 0. The highest BCUT2D eigenvalue weighted by Gasteiger charge is 2.02. The van der Waals surface area contributed by atoms with E-state index in [1.165, 1.54) is 0 Å². The van der Waals surface area contributed by atoms with Gasteiger partial charge in [-0.3, -0.25) is 0 Å². The fourth-order valence-electron chi connectivity index (χ4n) is 0.730. The Labute approximate surface area is 74.6 Å². The zero-order valence-electron chi connectivity index (χ0n) is 7.81. The van der Waals surface area contributed by atoms with E-state index in [0.717, 1.165) is 5.56 Å². The van der Waals surface area contributed by atoms with Gasteiger partial charge in [0.05, 0.1) is 0 Å². The molecule has 0 heteroatoms. The Morgan fingerprint density at radius 2 is 1.75 bits per heavy atom. The van der Waals surface area contributed by atoms with Crippen molar-refractivity contribution in [2.45, 2.75) is 20.8 Å². The first-order valence-electron chi connectivity index (χ1n) is 4.07. The summed E-state index contributed by atoms with van der Waals surface area (Å²) in [6, 6.07) is 10.7. The van der Waals surface area contributed by atoms with Gasteiger partial charge in [-0.15, -0.1) is 0 Å². The Kier molecular flexibility index (Phi) is 2.55. The molecule has 0 spiro atoms. The van der Waals surface area contributed by atoms with Crippen molar-refractivity contribution in [1.82, 2.24) is 0 Å². The summed E-state index contributed by atoms with van der Waals surface area (Å²) in [5.74, 6) is 6.29. The van der Waals surface area contributed by atoms with Crippen LogP contribution in [0.1, 0.15) is 26.3 Å². The lowest BCUT2D eigenvalue weighted by Crippen LogP contribution is -1.99. The van der Waals surface area contributed by atoms with E-state index in [0.29, 0.717) is 0 Å². The van der Waals surface area contributed by atoms with Gasteiger partial charge in [0.15, 0.2) is 0 Å². The predicted molar refractivity (Wildman–Crippen MR) is 51.6 cm³/mol. The molecule has 0 bridgehead atoms. The standard InChI is InChI=1S/C12H13/c1-12(2,3)10-9-11-7-5-4-6-8-11/h5-8H,1-3H3. The van der Waals surface area contributed by atoms with Gasteiger partial charge in [-0.25, -0.2) is 0 Å². The van der Waals surface area contributed by atoms with Crippen molar-refractivity contribution < 1.29 is 0 Å². The third kappa shape index (κ3) is 3.25. The van der Waals surface area contributed by atoms with Crippen LogP contribution in [0.5, 0.6) is 0 Å². The zero-order valence-corrected chi connectivity index (χ0v) is 7.81. The van der Waals surface area contributed by atoms with Gasteiger partial charge >= 0.3 is 0 Å². The minimum absolute atomic E-state index is 0.0829. The molecule has 0 N–H and O–H groups in total. The fourth-order valence-corrected chi connectivity index (χ4v) is 0.730. The van der Waals surface area contributed by atoms with E-state index >= 15 is 0 Å². The number of rotatable bonds is 0. The molecular weight excluding hydrogens is 144 g/mol. The SMILES string of the molecule is CC(C)(C)C#Cc1cc[c]cc1. The second-order valence-corrected chi connectivity index (χ2v) is 3.79. The van der Waals surface area contributed by atoms with Crippen molar-refractivity contribution in [3.63, 3.8) is 0 Å². The van der Waals surface area contributed by atoms with Crippen molar-refractivity contribution in [2.24, 2.45) is 5.41 Å². The molecule has 0 amide bonds. The van der Waals surface area contributed by atoms with Crippen molar-refractivity contribution in [3.8, 4) is 11.8 Å². The van der Waals surface area contributed by atoms with E-state index in [2.05, 4.69) is 38.7 Å². The van der Waals surface area contributed by atoms with Crippen LogP contribution in [0.4, 0.5) is 0 Å². The van der Waals surface area contributed by atoms with Gasteiger partial charge in [0, 0.05) is 11.0 Å². The second kappa shape index (κ2) is 3.45. The summed E-state index contributed by atoms with van der Waals surface area (Å²) in [4.78, 5) is 0. The molecule has 0 unspecified atom stereocenters. The third-order valence-corrected chi connectivity index (χ3v) is 1.30. The van der Waals surface area contributed by atoms with E-state index in [1.54, 1.807) is 0 Å². The highest BCUT2D eigenvalue weighted by atomic mass is 14.1. The van der Waals surface area contributed by atoms with Crippen LogP contribution in [0, 0.1) is 23.3 Å². The maximum absolute atomic E-state index is 3.17. The van der Waals surface area contributed by atoms with Crippen LogP contribution in [0.15, 0.2) is 24.3 Å². The molecular formula is C12H13. The fraction of sp³-hybridized carbons (Fsp3) is 0.333. The van der Waals surface area contributed by atoms with Crippen LogP contribution in [0.3, 0.4) is 0 Å². The monoisotopic (exact) mass is 157 g/mol. The summed E-state index contributed by atoms with van der Waals surface area (Å²) in [6.07, 6.45) is 0. The van der Waals surface area contributed by atoms with Crippen molar-refractivity contribution in [3.05, 3.63) is 35.9 Å². The van der Waals surface area contributed by atoms with Crippen molar-refractivity contribution in [2.75, 3.05) is 0 Å². The van der Waals surface area contributed by atoms with Crippen molar-refractivity contribution >= 4 is 0 Å². The van der Waals surface area contributed by atoms with Crippen LogP contribution in [-0.4, -0.2) is 0 Å². The lowest BCUT2D eigenvalue weighted by molar-refractivity contribution is 0.571. The molecule has 1 aromatic carbocycles. The first-order chi connectivity index (χ1) is 5.58.